The molecule has 5 nitrogen and oxygen atoms in total. The Morgan fingerprint density at radius 2 is 0.943 bits per heavy atom. The highest BCUT2D eigenvalue weighted by Gasteiger charge is 2.48. The van der Waals surface area contributed by atoms with Gasteiger partial charge in [0.25, 0.3) is 5.69 Å². The molecule has 0 fully saturated rings. The molecule has 3 aromatic carbocycles. The first-order valence-corrected chi connectivity index (χ1v) is 12.8. The summed E-state index contributed by atoms with van der Waals surface area (Å²) in [6, 6.07) is 30.8. The smallest absolute Gasteiger partial charge is 0.261 e. The SMILES string of the molecule is OCc1[nH+]c(C[P+](c2ccccc2)(c2ccccc2)c2ccccc2)c(O)c(CO)c1CO.[Cl-].[Cl-]. The minimum absolute atomic E-state index is 0. The van der Waals surface area contributed by atoms with Gasteiger partial charge in [0.15, 0.2) is 11.9 Å². The Morgan fingerprint density at radius 3 is 1.29 bits per heavy atom. The molecule has 0 amide bonds. The van der Waals surface area contributed by atoms with Gasteiger partial charge in [0.2, 0.25) is 5.69 Å². The van der Waals surface area contributed by atoms with E-state index < -0.39 is 20.5 Å². The van der Waals surface area contributed by atoms with Crippen LogP contribution in [-0.4, -0.2) is 20.4 Å². The summed E-state index contributed by atoms with van der Waals surface area (Å²) in [5.41, 5.74) is 1.47. The Hall–Kier alpha value is -2.50. The van der Waals surface area contributed by atoms with E-state index in [4.69, 9.17) is 0 Å². The van der Waals surface area contributed by atoms with Crippen molar-refractivity contribution in [2.45, 2.75) is 26.0 Å². The lowest BCUT2D eigenvalue weighted by Crippen LogP contribution is -3.00. The molecule has 0 atom stereocenters. The highest BCUT2D eigenvalue weighted by molar-refractivity contribution is 7.95. The summed E-state index contributed by atoms with van der Waals surface area (Å²) in [6.45, 7) is -1.18. The Bertz CT molecular complexity index is 1120. The third-order valence-electron chi connectivity index (χ3n) is 6.06. The van der Waals surface area contributed by atoms with Crippen LogP contribution in [0.15, 0.2) is 91.0 Å². The number of H-pyrrole nitrogens is 1. The molecular formula is C27H28Cl2NO4P. The Morgan fingerprint density at radius 1 is 0.543 bits per heavy atom. The van der Waals surface area contributed by atoms with Gasteiger partial charge in [0, 0.05) is 5.56 Å². The first-order chi connectivity index (χ1) is 16.2. The average Bonchev–Trinajstić information content (AvgIpc) is 2.89. The van der Waals surface area contributed by atoms with Crippen LogP contribution in [-0.2, 0) is 26.0 Å². The summed E-state index contributed by atoms with van der Waals surface area (Å²) in [5.74, 6) is -0.0779. The maximum atomic E-state index is 11.2. The third-order valence-corrected chi connectivity index (χ3v) is 10.4. The summed E-state index contributed by atoms with van der Waals surface area (Å²) in [7, 11) is -2.30. The van der Waals surface area contributed by atoms with Crippen molar-refractivity contribution >= 4 is 23.2 Å². The van der Waals surface area contributed by atoms with Crippen molar-refractivity contribution in [1.82, 2.24) is 0 Å². The predicted molar refractivity (Wildman–Crippen MR) is 131 cm³/mol. The molecule has 1 heterocycles. The van der Waals surface area contributed by atoms with Gasteiger partial charge in [-0.25, -0.2) is 4.98 Å². The van der Waals surface area contributed by atoms with Crippen molar-refractivity contribution in [3.8, 4) is 5.75 Å². The van der Waals surface area contributed by atoms with Crippen molar-refractivity contribution < 1.29 is 50.2 Å². The van der Waals surface area contributed by atoms with E-state index >= 15 is 0 Å². The molecule has 0 aliphatic carbocycles. The zero-order chi connectivity index (χ0) is 23.3. The monoisotopic (exact) mass is 531 g/mol. The van der Waals surface area contributed by atoms with Crippen LogP contribution < -0.4 is 45.7 Å². The van der Waals surface area contributed by atoms with Gasteiger partial charge in [-0.15, -0.1) is 0 Å². The lowest BCUT2D eigenvalue weighted by Gasteiger charge is -2.26. The molecular weight excluding hydrogens is 504 g/mol. The van der Waals surface area contributed by atoms with E-state index in [9.17, 15) is 20.4 Å². The fourth-order valence-corrected chi connectivity index (χ4v) is 8.63. The number of halogens is 2. The van der Waals surface area contributed by atoms with Crippen molar-refractivity contribution in [3.63, 3.8) is 0 Å². The van der Waals surface area contributed by atoms with Crippen LogP contribution >= 0.6 is 7.26 Å². The van der Waals surface area contributed by atoms with Gasteiger partial charge < -0.3 is 45.2 Å². The fraction of sp³-hybridized carbons (Fsp3) is 0.148. The van der Waals surface area contributed by atoms with E-state index in [0.29, 0.717) is 23.1 Å². The molecule has 0 saturated carbocycles. The first-order valence-electron chi connectivity index (χ1n) is 10.8. The number of pyridine rings is 1. The summed E-state index contributed by atoms with van der Waals surface area (Å²) in [6.07, 6.45) is 0.447. The number of hydrogen-bond acceptors (Lipinski definition) is 4. The van der Waals surface area contributed by atoms with Crippen LogP contribution in [0.25, 0.3) is 0 Å². The summed E-state index contributed by atoms with van der Waals surface area (Å²) < 4.78 is 0. The second kappa shape index (κ2) is 13.0. The van der Waals surface area contributed by atoms with Crippen molar-refractivity contribution in [3.05, 3.63) is 114 Å². The number of aromatic nitrogens is 1. The maximum absolute atomic E-state index is 11.2. The Balaban J connectivity index is 0.00000216. The highest BCUT2D eigenvalue weighted by Crippen LogP contribution is 2.58. The number of nitrogens with one attached hydrogen (secondary N) is 1. The van der Waals surface area contributed by atoms with E-state index in [2.05, 4.69) is 41.4 Å². The molecule has 0 unspecified atom stereocenters. The zero-order valence-corrected chi connectivity index (χ0v) is 21.4. The average molecular weight is 532 g/mol. The Kier molecular flexibility index (Phi) is 10.7. The molecule has 0 saturated heterocycles. The number of aliphatic hydroxyl groups is 3. The van der Waals surface area contributed by atoms with E-state index in [0.717, 1.165) is 15.9 Å². The molecule has 1 aromatic heterocycles. The van der Waals surface area contributed by atoms with E-state index in [1.54, 1.807) is 0 Å². The topological polar surface area (TPSA) is 95.1 Å². The highest BCUT2D eigenvalue weighted by atomic mass is 35.5. The van der Waals surface area contributed by atoms with Gasteiger partial charge in [-0.3, -0.25) is 0 Å². The molecule has 0 bridgehead atoms. The summed E-state index contributed by atoms with van der Waals surface area (Å²) >= 11 is 0. The quantitative estimate of drug-likeness (QED) is 0.175. The number of aromatic amines is 1. The van der Waals surface area contributed by atoms with Crippen LogP contribution in [0, 0.1) is 0 Å². The van der Waals surface area contributed by atoms with Gasteiger partial charge in [-0.1, -0.05) is 54.6 Å². The molecule has 4 rings (SSSR count). The van der Waals surface area contributed by atoms with Gasteiger partial charge in [0.05, 0.1) is 18.8 Å². The van der Waals surface area contributed by atoms with Crippen LogP contribution in [0.2, 0.25) is 0 Å². The van der Waals surface area contributed by atoms with E-state index in [1.165, 1.54) is 0 Å². The predicted octanol–water partition coefficient (Wildman–Crippen LogP) is -3.81. The van der Waals surface area contributed by atoms with E-state index in [-0.39, 0.29) is 42.7 Å². The summed E-state index contributed by atoms with van der Waals surface area (Å²) in [5, 5.41) is 44.3. The van der Waals surface area contributed by atoms with Crippen molar-refractivity contribution in [2.75, 3.05) is 0 Å². The molecule has 0 radical (unpaired) electrons. The number of hydrogen-bond donors (Lipinski definition) is 4. The van der Waals surface area contributed by atoms with Crippen LogP contribution in [0.1, 0.15) is 22.5 Å². The third kappa shape index (κ3) is 5.52. The first kappa shape index (κ1) is 28.7. The maximum Gasteiger partial charge on any atom is 0.261 e. The molecule has 184 valence electrons. The molecule has 0 spiro atoms. The number of benzene rings is 3. The summed E-state index contributed by atoms with van der Waals surface area (Å²) in [4.78, 5) is 3.18. The second-order valence-electron chi connectivity index (χ2n) is 7.84. The lowest BCUT2D eigenvalue weighted by molar-refractivity contribution is -0.407. The molecule has 0 aliphatic rings. The van der Waals surface area contributed by atoms with E-state index in [1.807, 2.05) is 54.6 Å². The van der Waals surface area contributed by atoms with Crippen LogP contribution in [0.3, 0.4) is 0 Å². The molecule has 8 heteroatoms. The second-order valence-corrected chi connectivity index (χ2v) is 11.3. The lowest BCUT2D eigenvalue weighted by atomic mass is 10.0. The minimum Gasteiger partial charge on any atom is -1.00 e. The largest absolute Gasteiger partial charge is 1.00 e. The van der Waals surface area contributed by atoms with Gasteiger partial charge in [-0.05, 0) is 36.4 Å². The van der Waals surface area contributed by atoms with Gasteiger partial charge in [0.1, 0.15) is 29.8 Å². The number of aromatic hydroxyl groups is 1. The van der Waals surface area contributed by atoms with Crippen LogP contribution in [0.5, 0.6) is 5.75 Å². The van der Waals surface area contributed by atoms with Crippen LogP contribution in [0.4, 0.5) is 0 Å². The van der Waals surface area contributed by atoms with Gasteiger partial charge >= 0.3 is 0 Å². The fourth-order valence-electron chi connectivity index (χ4n) is 4.44. The zero-order valence-electron chi connectivity index (χ0n) is 19.0. The molecule has 4 aromatic rings. The molecule has 0 aliphatic heterocycles. The van der Waals surface area contributed by atoms with Gasteiger partial charge in [-0.2, -0.15) is 0 Å². The normalized spacial score (nSPS) is 10.8. The minimum atomic E-state index is -2.30. The number of aliphatic hydroxyl groups excluding tert-OH is 3. The number of rotatable bonds is 8. The molecule has 5 N–H and O–H groups in total. The molecule has 35 heavy (non-hydrogen) atoms. The standard InChI is InChI=1S/C27H26NO4P.2ClH/c29-16-23-24(17-30)27(32)26(28-25(23)18-31)19-33(20-10-4-1-5-11-20,21-12-6-2-7-13-21)22-14-8-3-9-15-22;;/h1-15,29-31H,16-19H2;2*1H. The van der Waals surface area contributed by atoms with Crippen molar-refractivity contribution in [1.29, 1.82) is 0 Å². The van der Waals surface area contributed by atoms with Crippen molar-refractivity contribution in [2.24, 2.45) is 0 Å². The Labute approximate surface area is 218 Å².